The van der Waals surface area contributed by atoms with Gasteiger partial charge in [-0.25, -0.2) is 9.37 Å². The van der Waals surface area contributed by atoms with E-state index in [1.807, 2.05) is 0 Å². The van der Waals surface area contributed by atoms with Crippen LogP contribution in [0, 0.1) is 5.82 Å². The van der Waals surface area contributed by atoms with E-state index in [2.05, 4.69) is 15.0 Å². The lowest BCUT2D eigenvalue weighted by atomic mass is 10.1. The molecule has 2 unspecified atom stereocenters. The molecule has 3 aromatic rings. The zero-order chi connectivity index (χ0) is 23.0. The summed E-state index contributed by atoms with van der Waals surface area (Å²) in [4.78, 5) is 24.4. The van der Waals surface area contributed by atoms with Crippen molar-refractivity contribution in [2.75, 3.05) is 6.61 Å². The van der Waals surface area contributed by atoms with Crippen molar-refractivity contribution in [2.24, 2.45) is 5.73 Å². The predicted molar refractivity (Wildman–Crippen MR) is 106 cm³/mol. The monoisotopic (exact) mass is 446 g/mol. The molecule has 1 aromatic heterocycles. The minimum absolute atomic E-state index is 0.0344. The molecule has 166 valence electrons. The number of amides is 1. The van der Waals surface area contributed by atoms with Gasteiger partial charge in [0.05, 0.1) is 17.7 Å². The summed E-state index contributed by atoms with van der Waals surface area (Å²) < 4.78 is 58.4. The highest BCUT2D eigenvalue weighted by Gasteiger charge is 2.43. The summed E-state index contributed by atoms with van der Waals surface area (Å²) in [6, 6.07) is 8.94. The second-order valence-electron chi connectivity index (χ2n) is 7.36. The number of hydrogen-bond acceptors (Lipinski definition) is 5. The minimum Gasteiger partial charge on any atom is -0.464 e. The molecule has 1 aliphatic carbocycles. The third-order valence-corrected chi connectivity index (χ3v) is 5.16. The Morgan fingerprint density at radius 1 is 1.12 bits per heavy atom. The van der Waals surface area contributed by atoms with Gasteiger partial charge in [-0.3, -0.25) is 4.79 Å². The Morgan fingerprint density at radius 3 is 2.59 bits per heavy atom. The van der Waals surface area contributed by atoms with Crippen LogP contribution in [0.3, 0.4) is 0 Å². The average Bonchev–Trinajstić information content (AvgIpc) is 3.54. The van der Waals surface area contributed by atoms with Crippen molar-refractivity contribution in [3.05, 3.63) is 70.8 Å². The summed E-state index contributed by atoms with van der Waals surface area (Å²) in [7, 11) is 0. The maximum absolute atomic E-state index is 13.9. The fourth-order valence-electron chi connectivity index (χ4n) is 3.51. The number of nitrogens with zero attached hydrogens (tertiary/aromatic N) is 3. The lowest BCUT2D eigenvalue weighted by Crippen LogP contribution is -2.13. The molecule has 1 fully saturated rings. The second kappa shape index (κ2) is 8.18. The summed E-state index contributed by atoms with van der Waals surface area (Å²) in [5.41, 5.74) is 5.07. The molecule has 0 bridgehead atoms. The fraction of sp³-hybridized carbons (Fsp3) is 0.273. The van der Waals surface area contributed by atoms with Crippen LogP contribution in [0.1, 0.15) is 52.5 Å². The molecule has 10 heteroatoms. The van der Waals surface area contributed by atoms with Crippen molar-refractivity contribution < 1.29 is 27.1 Å². The van der Waals surface area contributed by atoms with Crippen LogP contribution in [0.15, 0.2) is 42.5 Å². The highest BCUT2D eigenvalue weighted by atomic mass is 19.4. The highest BCUT2D eigenvalue weighted by Crippen LogP contribution is 2.54. The summed E-state index contributed by atoms with van der Waals surface area (Å²) in [6.07, 6.45) is -3.87. The SMILES string of the molecule is CCOc1nc(-c2ccc(F)c(C(N)=O)c2)nc(C2CC2c2cccc(C(F)(F)F)c2)n1. The quantitative estimate of drug-likeness (QED) is 0.565. The first kappa shape index (κ1) is 21.7. The smallest absolute Gasteiger partial charge is 0.416 e. The Kier molecular flexibility index (Phi) is 5.53. The van der Waals surface area contributed by atoms with E-state index < -0.39 is 23.5 Å². The summed E-state index contributed by atoms with van der Waals surface area (Å²) >= 11 is 0. The molecular weight excluding hydrogens is 428 g/mol. The number of carbonyl (C=O) groups is 1. The number of hydrogen-bond donors (Lipinski definition) is 1. The van der Waals surface area contributed by atoms with Crippen LogP contribution in [0.5, 0.6) is 6.01 Å². The van der Waals surface area contributed by atoms with Crippen LogP contribution in [0.25, 0.3) is 11.4 Å². The molecule has 4 rings (SSSR count). The van der Waals surface area contributed by atoms with Gasteiger partial charge in [-0.2, -0.15) is 23.1 Å². The molecule has 0 aliphatic heterocycles. The van der Waals surface area contributed by atoms with E-state index in [1.165, 1.54) is 18.2 Å². The normalized spacial score (nSPS) is 17.8. The Bertz CT molecular complexity index is 1180. The number of nitrogens with two attached hydrogens (primary N) is 1. The van der Waals surface area contributed by atoms with Crippen LogP contribution in [-0.4, -0.2) is 27.5 Å². The molecule has 0 radical (unpaired) electrons. The molecule has 32 heavy (non-hydrogen) atoms. The van der Waals surface area contributed by atoms with Crippen molar-refractivity contribution in [2.45, 2.75) is 31.4 Å². The van der Waals surface area contributed by atoms with Crippen LogP contribution < -0.4 is 10.5 Å². The van der Waals surface area contributed by atoms with Crippen LogP contribution >= 0.6 is 0 Å². The van der Waals surface area contributed by atoms with Crippen molar-refractivity contribution in [1.82, 2.24) is 15.0 Å². The molecule has 6 nitrogen and oxygen atoms in total. The zero-order valence-electron chi connectivity index (χ0n) is 16.9. The topological polar surface area (TPSA) is 91.0 Å². The summed E-state index contributed by atoms with van der Waals surface area (Å²) in [5, 5.41) is 0. The molecule has 2 aromatic carbocycles. The lowest BCUT2D eigenvalue weighted by molar-refractivity contribution is -0.137. The number of halogens is 4. The third kappa shape index (κ3) is 4.39. The van der Waals surface area contributed by atoms with Gasteiger partial charge in [0.1, 0.15) is 11.6 Å². The molecule has 1 saturated carbocycles. The highest BCUT2D eigenvalue weighted by molar-refractivity contribution is 5.94. The number of rotatable bonds is 6. The van der Waals surface area contributed by atoms with Crippen molar-refractivity contribution >= 4 is 5.91 Å². The van der Waals surface area contributed by atoms with E-state index in [9.17, 15) is 22.4 Å². The first-order valence-corrected chi connectivity index (χ1v) is 9.83. The van der Waals surface area contributed by atoms with Crippen molar-refractivity contribution in [3.63, 3.8) is 0 Å². The Hall–Kier alpha value is -3.56. The molecular formula is C22H18F4N4O2. The Morgan fingerprint density at radius 2 is 1.91 bits per heavy atom. The maximum atomic E-state index is 13.9. The molecule has 2 atom stereocenters. The van der Waals surface area contributed by atoms with E-state index in [1.54, 1.807) is 13.0 Å². The van der Waals surface area contributed by atoms with Crippen LogP contribution in [-0.2, 0) is 6.18 Å². The number of alkyl halides is 3. The average molecular weight is 446 g/mol. The fourth-order valence-corrected chi connectivity index (χ4v) is 3.51. The van der Waals surface area contributed by atoms with E-state index in [0.29, 0.717) is 23.4 Å². The number of ether oxygens (including phenoxy) is 1. The van der Waals surface area contributed by atoms with Gasteiger partial charge >= 0.3 is 12.2 Å². The van der Waals surface area contributed by atoms with Gasteiger partial charge in [-0.1, -0.05) is 18.2 Å². The van der Waals surface area contributed by atoms with Gasteiger partial charge in [-0.05, 0) is 49.1 Å². The van der Waals surface area contributed by atoms with Crippen LogP contribution in [0.4, 0.5) is 17.6 Å². The molecule has 0 spiro atoms. The zero-order valence-corrected chi connectivity index (χ0v) is 16.9. The van der Waals surface area contributed by atoms with E-state index in [-0.39, 0.29) is 35.8 Å². The van der Waals surface area contributed by atoms with Gasteiger partial charge in [0, 0.05) is 11.5 Å². The minimum atomic E-state index is -4.43. The van der Waals surface area contributed by atoms with E-state index >= 15 is 0 Å². The molecule has 1 aliphatic rings. The van der Waals surface area contributed by atoms with Crippen LogP contribution in [0.2, 0.25) is 0 Å². The van der Waals surface area contributed by atoms with E-state index in [4.69, 9.17) is 10.5 Å². The standard InChI is InChI=1S/C22H18F4N4O2/c1-2-32-21-29-19(12-6-7-17(23)16(9-12)18(27)31)28-20(30-21)15-10-14(15)11-4-3-5-13(8-11)22(24,25)26/h3-9,14-15H,2,10H2,1H3,(H2,27,31). The molecule has 1 heterocycles. The maximum Gasteiger partial charge on any atom is 0.416 e. The van der Waals surface area contributed by atoms with Gasteiger partial charge in [0.15, 0.2) is 5.82 Å². The molecule has 2 N–H and O–H groups in total. The van der Waals surface area contributed by atoms with Gasteiger partial charge in [-0.15, -0.1) is 0 Å². The number of carbonyl (C=O) groups excluding carboxylic acids is 1. The number of primary amides is 1. The second-order valence-corrected chi connectivity index (χ2v) is 7.36. The first-order valence-electron chi connectivity index (χ1n) is 9.83. The molecule has 1 amide bonds. The lowest BCUT2D eigenvalue weighted by Gasteiger charge is -2.10. The van der Waals surface area contributed by atoms with E-state index in [0.717, 1.165) is 18.2 Å². The number of aromatic nitrogens is 3. The summed E-state index contributed by atoms with van der Waals surface area (Å²) in [6.45, 7) is 2.02. The summed E-state index contributed by atoms with van der Waals surface area (Å²) in [5.74, 6) is -1.61. The largest absolute Gasteiger partial charge is 0.464 e. The molecule has 0 saturated heterocycles. The van der Waals surface area contributed by atoms with Gasteiger partial charge in [0.25, 0.3) is 5.91 Å². The third-order valence-electron chi connectivity index (χ3n) is 5.16. The number of benzene rings is 2. The van der Waals surface area contributed by atoms with Gasteiger partial charge in [0.2, 0.25) is 0 Å². The van der Waals surface area contributed by atoms with Crippen molar-refractivity contribution in [1.29, 1.82) is 0 Å². The first-order chi connectivity index (χ1) is 15.2. The Labute approximate surface area is 180 Å². The Balaban J connectivity index is 1.69. The predicted octanol–water partition coefficient (Wildman–Crippen LogP) is 4.47. The van der Waals surface area contributed by atoms with Crippen molar-refractivity contribution in [3.8, 4) is 17.4 Å². The van der Waals surface area contributed by atoms with Gasteiger partial charge < -0.3 is 10.5 Å².